The lowest BCUT2D eigenvalue weighted by Crippen LogP contribution is -2.59. The molecule has 3 saturated carbocycles. The Hall–Kier alpha value is -0.340. The normalized spacial score (nSPS) is 37.3. The molecule has 1 aromatic rings. The van der Waals surface area contributed by atoms with Crippen LogP contribution in [0, 0.1) is 30.1 Å². The molecule has 0 saturated heterocycles. The van der Waals surface area contributed by atoms with Crippen molar-refractivity contribution in [1.82, 2.24) is 5.32 Å². The Kier molecular flexibility index (Phi) is 3.06. The van der Waals surface area contributed by atoms with E-state index >= 15 is 0 Å². The maximum atomic E-state index is 3.81. The average Bonchev–Trinajstić information content (AvgIpc) is 2.73. The molecule has 1 heterocycles. The first-order chi connectivity index (χ1) is 8.48. The van der Waals surface area contributed by atoms with Gasteiger partial charge in [-0.1, -0.05) is 20.8 Å². The number of nitrogens with one attached hydrogen (secondary N) is 1. The summed E-state index contributed by atoms with van der Waals surface area (Å²) in [5, 5.41) is 3.81. The first-order valence-corrected chi connectivity index (χ1v) is 8.09. The molecule has 100 valence electrons. The minimum Gasteiger partial charge on any atom is -0.309 e. The van der Waals surface area contributed by atoms with E-state index in [1.807, 2.05) is 11.3 Å². The van der Waals surface area contributed by atoms with Crippen molar-refractivity contribution in [2.24, 2.45) is 23.2 Å². The van der Waals surface area contributed by atoms with E-state index < -0.39 is 0 Å². The lowest BCUT2D eigenvalue weighted by Gasteiger charge is -2.62. The quantitative estimate of drug-likeness (QED) is 0.861. The molecule has 1 N–H and O–H groups in total. The van der Waals surface area contributed by atoms with Gasteiger partial charge >= 0.3 is 0 Å². The minimum atomic E-state index is 0.608. The number of rotatable bonds is 3. The van der Waals surface area contributed by atoms with Gasteiger partial charge in [0.1, 0.15) is 0 Å². The summed E-state index contributed by atoms with van der Waals surface area (Å²) in [7, 11) is 0. The van der Waals surface area contributed by atoms with Crippen LogP contribution in [0.3, 0.4) is 0 Å². The molecule has 1 nitrogen and oxygen atoms in total. The van der Waals surface area contributed by atoms with Crippen LogP contribution >= 0.6 is 11.3 Å². The predicted molar refractivity (Wildman–Crippen MR) is 78.8 cm³/mol. The highest BCUT2D eigenvalue weighted by molar-refractivity contribution is 7.11. The number of thiophene rings is 1. The monoisotopic (exact) mass is 263 g/mol. The van der Waals surface area contributed by atoms with Crippen molar-refractivity contribution < 1.29 is 0 Å². The van der Waals surface area contributed by atoms with Gasteiger partial charge in [-0.05, 0) is 55.1 Å². The maximum Gasteiger partial charge on any atom is 0.0302 e. The third kappa shape index (κ3) is 1.94. The second-order valence-corrected chi connectivity index (χ2v) is 8.33. The SMILES string of the molecule is Cc1ccc(CNC2CC3CC(C2C)C3(C)C)s1. The summed E-state index contributed by atoms with van der Waals surface area (Å²) in [6.07, 6.45) is 2.86. The molecule has 1 aromatic heterocycles. The van der Waals surface area contributed by atoms with E-state index in [0.717, 1.165) is 30.3 Å². The van der Waals surface area contributed by atoms with Crippen molar-refractivity contribution in [2.75, 3.05) is 0 Å². The number of hydrogen-bond donors (Lipinski definition) is 1. The van der Waals surface area contributed by atoms with Gasteiger partial charge in [0.15, 0.2) is 0 Å². The lowest BCUT2D eigenvalue weighted by atomic mass is 9.45. The van der Waals surface area contributed by atoms with Crippen molar-refractivity contribution in [1.29, 1.82) is 0 Å². The molecule has 0 aliphatic heterocycles. The van der Waals surface area contributed by atoms with Gasteiger partial charge in [-0.25, -0.2) is 0 Å². The molecule has 3 aliphatic carbocycles. The molecule has 4 unspecified atom stereocenters. The number of fused-ring (bicyclic) bond motifs is 2. The fourth-order valence-electron chi connectivity index (χ4n) is 4.23. The highest BCUT2D eigenvalue weighted by atomic mass is 32.1. The van der Waals surface area contributed by atoms with Crippen molar-refractivity contribution in [2.45, 2.75) is 53.1 Å². The predicted octanol–water partition coefficient (Wildman–Crippen LogP) is 4.22. The molecule has 18 heavy (non-hydrogen) atoms. The largest absolute Gasteiger partial charge is 0.309 e. The van der Waals surface area contributed by atoms with Crippen LogP contribution in [0.2, 0.25) is 0 Å². The summed E-state index contributed by atoms with van der Waals surface area (Å²) >= 11 is 1.93. The van der Waals surface area contributed by atoms with Gasteiger partial charge in [0.25, 0.3) is 0 Å². The second kappa shape index (κ2) is 4.35. The summed E-state index contributed by atoms with van der Waals surface area (Å²) in [6, 6.07) is 5.24. The topological polar surface area (TPSA) is 12.0 Å². The lowest BCUT2D eigenvalue weighted by molar-refractivity contribution is -0.115. The number of aryl methyl sites for hydroxylation is 1. The van der Waals surface area contributed by atoms with E-state index in [-0.39, 0.29) is 0 Å². The molecule has 0 spiro atoms. The third-order valence-electron chi connectivity index (χ3n) is 5.69. The van der Waals surface area contributed by atoms with Crippen LogP contribution in [0.25, 0.3) is 0 Å². The van der Waals surface area contributed by atoms with Crippen molar-refractivity contribution >= 4 is 11.3 Å². The smallest absolute Gasteiger partial charge is 0.0302 e. The molecule has 2 heteroatoms. The standard InChI is InChI=1S/C16H25NS/c1-10-5-6-13(18-10)9-17-15-8-12-7-14(11(15)2)16(12,3)4/h5-6,11-12,14-15,17H,7-9H2,1-4H3. The van der Waals surface area contributed by atoms with Crippen LogP contribution < -0.4 is 5.32 Å². The Balaban J connectivity index is 1.59. The molecule has 0 amide bonds. The van der Waals surface area contributed by atoms with Gasteiger partial charge in [-0.3, -0.25) is 0 Å². The van der Waals surface area contributed by atoms with Gasteiger partial charge in [0.2, 0.25) is 0 Å². The van der Waals surface area contributed by atoms with Crippen LogP contribution in [-0.2, 0) is 6.54 Å². The molecule has 0 radical (unpaired) electrons. The van der Waals surface area contributed by atoms with E-state index in [1.54, 1.807) is 0 Å². The maximum absolute atomic E-state index is 3.81. The Bertz CT molecular complexity index is 434. The van der Waals surface area contributed by atoms with E-state index in [1.165, 1.54) is 22.6 Å². The fraction of sp³-hybridized carbons (Fsp3) is 0.750. The van der Waals surface area contributed by atoms with Crippen molar-refractivity contribution in [3.05, 3.63) is 21.9 Å². The summed E-state index contributed by atoms with van der Waals surface area (Å²) in [5.41, 5.74) is 0.608. The van der Waals surface area contributed by atoms with Crippen LogP contribution in [0.4, 0.5) is 0 Å². The molecule has 4 rings (SSSR count). The molecule has 2 bridgehead atoms. The zero-order valence-electron chi connectivity index (χ0n) is 12.0. The van der Waals surface area contributed by atoms with Gasteiger partial charge in [-0.15, -0.1) is 11.3 Å². The zero-order chi connectivity index (χ0) is 12.9. The van der Waals surface area contributed by atoms with Gasteiger partial charge in [0, 0.05) is 22.3 Å². The van der Waals surface area contributed by atoms with Crippen LogP contribution in [0.5, 0.6) is 0 Å². The third-order valence-corrected chi connectivity index (χ3v) is 6.69. The van der Waals surface area contributed by atoms with Crippen molar-refractivity contribution in [3.63, 3.8) is 0 Å². The van der Waals surface area contributed by atoms with Crippen LogP contribution in [-0.4, -0.2) is 6.04 Å². The number of hydrogen-bond acceptors (Lipinski definition) is 2. The van der Waals surface area contributed by atoms with E-state index in [4.69, 9.17) is 0 Å². The van der Waals surface area contributed by atoms with E-state index in [2.05, 4.69) is 45.1 Å². The van der Waals surface area contributed by atoms with Gasteiger partial charge in [0.05, 0.1) is 0 Å². The molecule has 4 atom stereocenters. The highest BCUT2D eigenvalue weighted by Crippen LogP contribution is 2.61. The van der Waals surface area contributed by atoms with Gasteiger partial charge < -0.3 is 5.32 Å². The van der Waals surface area contributed by atoms with Crippen LogP contribution in [0.1, 0.15) is 43.4 Å². The summed E-state index contributed by atoms with van der Waals surface area (Å²) in [6.45, 7) is 10.7. The van der Waals surface area contributed by atoms with Crippen molar-refractivity contribution in [3.8, 4) is 0 Å². The average molecular weight is 263 g/mol. The minimum absolute atomic E-state index is 0.608. The Morgan fingerprint density at radius 1 is 1.33 bits per heavy atom. The second-order valence-electron chi connectivity index (χ2n) is 6.96. The van der Waals surface area contributed by atoms with Gasteiger partial charge in [-0.2, -0.15) is 0 Å². The molecular formula is C16H25NS. The van der Waals surface area contributed by atoms with E-state index in [9.17, 15) is 0 Å². The first-order valence-electron chi connectivity index (χ1n) is 7.27. The molecule has 3 aliphatic rings. The molecule has 0 aromatic carbocycles. The summed E-state index contributed by atoms with van der Waals surface area (Å²) in [4.78, 5) is 2.91. The van der Waals surface area contributed by atoms with E-state index in [0.29, 0.717) is 5.41 Å². The Morgan fingerprint density at radius 2 is 2.11 bits per heavy atom. The Labute approximate surface area is 115 Å². The molecule has 3 fully saturated rings. The fourth-order valence-corrected chi connectivity index (χ4v) is 5.07. The highest BCUT2D eigenvalue weighted by Gasteiger charge is 2.55. The molecular weight excluding hydrogens is 238 g/mol. The first kappa shape index (κ1) is 12.7. The summed E-state index contributed by atoms with van der Waals surface area (Å²) in [5.74, 6) is 2.74. The van der Waals surface area contributed by atoms with Crippen LogP contribution in [0.15, 0.2) is 12.1 Å². The summed E-state index contributed by atoms with van der Waals surface area (Å²) < 4.78 is 0. The zero-order valence-corrected chi connectivity index (χ0v) is 12.8. The Morgan fingerprint density at radius 3 is 2.67 bits per heavy atom.